The molecule has 108 valence electrons. The molecule has 0 aliphatic heterocycles. The van der Waals surface area contributed by atoms with E-state index in [1.54, 1.807) is 6.07 Å². The second kappa shape index (κ2) is 6.13. The lowest BCUT2D eigenvalue weighted by molar-refractivity contribution is 0.0693. The maximum Gasteiger partial charge on any atom is 0.339 e. The van der Waals surface area contributed by atoms with E-state index in [9.17, 15) is 9.90 Å². The molecular weight excluding hydrogens is 266 g/mol. The molecule has 0 atom stereocenters. The Kier molecular flexibility index (Phi) is 4.28. The molecule has 0 aliphatic carbocycles. The predicted molar refractivity (Wildman–Crippen MR) is 84.8 cm³/mol. The van der Waals surface area contributed by atoms with Crippen LogP contribution >= 0.6 is 0 Å². The quantitative estimate of drug-likeness (QED) is 0.845. The van der Waals surface area contributed by atoms with E-state index in [0.29, 0.717) is 0 Å². The number of nitrogens with zero attached hydrogens (tertiary/aromatic N) is 1. The summed E-state index contributed by atoms with van der Waals surface area (Å²) in [5, 5.41) is 18.4. The molecular formula is C17H17NO3. The standard InChI is InChI=1S/C17H17NO3/c1-18(2)14-8-5-12(6-9-14)3-4-13-7-10-16(19)15(11-13)17(20)21/h3-11,19H,1-2H3,(H,20,21)/b4-3+. The molecule has 0 aromatic heterocycles. The van der Waals surface area contributed by atoms with Crippen molar-refractivity contribution in [3.8, 4) is 5.75 Å². The minimum atomic E-state index is -1.14. The number of carboxylic acid groups (broad SMARTS) is 1. The van der Waals surface area contributed by atoms with Gasteiger partial charge >= 0.3 is 5.97 Å². The smallest absolute Gasteiger partial charge is 0.339 e. The maximum atomic E-state index is 11.0. The van der Waals surface area contributed by atoms with Crippen LogP contribution in [0.3, 0.4) is 0 Å². The number of hydrogen-bond donors (Lipinski definition) is 2. The van der Waals surface area contributed by atoms with E-state index >= 15 is 0 Å². The fourth-order valence-corrected chi connectivity index (χ4v) is 1.90. The lowest BCUT2D eigenvalue weighted by Gasteiger charge is -2.11. The second-order valence-electron chi connectivity index (χ2n) is 4.90. The molecule has 0 fully saturated rings. The molecule has 0 bridgehead atoms. The van der Waals surface area contributed by atoms with Gasteiger partial charge in [0.25, 0.3) is 0 Å². The van der Waals surface area contributed by atoms with Crippen molar-refractivity contribution in [2.75, 3.05) is 19.0 Å². The first-order chi connectivity index (χ1) is 9.97. The summed E-state index contributed by atoms with van der Waals surface area (Å²) in [6.07, 6.45) is 3.72. The van der Waals surface area contributed by atoms with Gasteiger partial charge in [0.15, 0.2) is 0 Å². The highest BCUT2D eigenvalue weighted by Crippen LogP contribution is 2.20. The van der Waals surface area contributed by atoms with Gasteiger partial charge in [0.2, 0.25) is 0 Å². The van der Waals surface area contributed by atoms with Gasteiger partial charge in [-0.15, -0.1) is 0 Å². The van der Waals surface area contributed by atoms with Crippen LogP contribution in [0.5, 0.6) is 5.75 Å². The third kappa shape index (κ3) is 3.63. The number of phenols is 1. The minimum Gasteiger partial charge on any atom is -0.507 e. The van der Waals surface area contributed by atoms with Crippen LogP contribution in [-0.4, -0.2) is 30.3 Å². The maximum absolute atomic E-state index is 11.0. The van der Waals surface area contributed by atoms with Crippen LogP contribution < -0.4 is 4.90 Å². The summed E-state index contributed by atoms with van der Waals surface area (Å²) in [6.45, 7) is 0. The number of carboxylic acids is 1. The molecule has 4 nitrogen and oxygen atoms in total. The number of hydrogen-bond acceptors (Lipinski definition) is 3. The van der Waals surface area contributed by atoms with Crippen molar-refractivity contribution in [3.05, 3.63) is 59.2 Å². The second-order valence-corrected chi connectivity index (χ2v) is 4.90. The molecule has 0 spiro atoms. The summed E-state index contributed by atoms with van der Waals surface area (Å²) in [5.74, 6) is -1.37. The van der Waals surface area contributed by atoms with Gasteiger partial charge in [0.1, 0.15) is 11.3 Å². The van der Waals surface area contributed by atoms with Crippen LogP contribution in [0.15, 0.2) is 42.5 Å². The highest BCUT2D eigenvalue weighted by atomic mass is 16.4. The third-order valence-electron chi connectivity index (χ3n) is 3.13. The van der Waals surface area contributed by atoms with Gasteiger partial charge in [-0.3, -0.25) is 0 Å². The minimum absolute atomic E-state index is 0.0971. The van der Waals surface area contributed by atoms with E-state index in [2.05, 4.69) is 0 Å². The summed E-state index contributed by atoms with van der Waals surface area (Å²) in [6, 6.07) is 12.5. The Bertz CT molecular complexity index is 673. The lowest BCUT2D eigenvalue weighted by atomic mass is 10.1. The van der Waals surface area contributed by atoms with Crippen molar-refractivity contribution in [3.63, 3.8) is 0 Å². The zero-order valence-corrected chi connectivity index (χ0v) is 11.9. The number of aromatic hydroxyl groups is 1. The van der Waals surface area contributed by atoms with E-state index < -0.39 is 5.97 Å². The molecule has 0 aliphatic rings. The van der Waals surface area contributed by atoms with Gasteiger partial charge in [-0.25, -0.2) is 4.79 Å². The average Bonchev–Trinajstić information content (AvgIpc) is 2.46. The van der Waals surface area contributed by atoms with Crippen LogP contribution in [-0.2, 0) is 0 Å². The predicted octanol–water partition coefficient (Wildman–Crippen LogP) is 3.33. The molecule has 4 heteroatoms. The van der Waals surface area contributed by atoms with Crippen LogP contribution in [0.1, 0.15) is 21.5 Å². The summed E-state index contributed by atoms with van der Waals surface area (Å²) < 4.78 is 0. The summed E-state index contributed by atoms with van der Waals surface area (Å²) in [4.78, 5) is 13.0. The van der Waals surface area contributed by atoms with Crippen molar-refractivity contribution in [1.82, 2.24) is 0 Å². The molecule has 2 N–H and O–H groups in total. The van der Waals surface area contributed by atoms with Crippen molar-refractivity contribution >= 4 is 23.8 Å². The van der Waals surface area contributed by atoms with Gasteiger partial charge in [-0.05, 0) is 35.4 Å². The highest BCUT2D eigenvalue weighted by Gasteiger charge is 2.08. The first-order valence-corrected chi connectivity index (χ1v) is 6.49. The van der Waals surface area contributed by atoms with Gasteiger partial charge in [-0.1, -0.05) is 30.4 Å². The first-order valence-electron chi connectivity index (χ1n) is 6.49. The number of anilines is 1. The summed E-state index contributed by atoms with van der Waals surface area (Å²) in [7, 11) is 3.96. The Hall–Kier alpha value is -2.75. The lowest BCUT2D eigenvalue weighted by Crippen LogP contribution is -2.07. The number of aromatic carboxylic acids is 1. The third-order valence-corrected chi connectivity index (χ3v) is 3.13. The Morgan fingerprint density at radius 1 is 1.00 bits per heavy atom. The topological polar surface area (TPSA) is 60.8 Å². The van der Waals surface area contributed by atoms with Crippen molar-refractivity contribution in [2.45, 2.75) is 0 Å². The Morgan fingerprint density at radius 2 is 1.57 bits per heavy atom. The molecule has 21 heavy (non-hydrogen) atoms. The van der Waals surface area contributed by atoms with E-state index in [1.165, 1.54) is 12.1 Å². The van der Waals surface area contributed by atoms with Gasteiger partial charge < -0.3 is 15.1 Å². The first kappa shape index (κ1) is 14.7. The summed E-state index contributed by atoms with van der Waals surface area (Å²) >= 11 is 0. The Labute approximate surface area is 123 Å². The van der Waals surface area contributed by atoms with Crippen molar-refractivity contribution in [1.29, 1.82) is 0 Å². The summed E-state index contributed by atoms with van der Waals surface area (Å²) in [5.41, 5.74) is 2.76. The number of carbonyl (C=O) groups is 1. The van der Waals surface area contributed by atoms with Crippen molar-refractivity contribution in [2.24, 2.45) is 0 Å². The molecule has 0 radical (unpaired) electrons. The van der Waals surface area contributed by atoms with Gasteiger partial charge in [-0.2, -0.15) is 0 Å². The van der Waals surface area contributed by atoms with E-state index in [-0.39, 0.29) is 11.3 Å². The number of benzene rings is 2. The van der Waals surface area contributed by atoms with Gasteiger partial charge in [0.05, 0.1) is 0 Å². The SMILES string of the molecule is CN(C)c1ccc(/C=C/c2ccc(O)c(C(=O)O)c2)cc1. The van der Waals surface area contributed by atoms with Crippen LogP contribution in [0.2, 0.25) is 0 Å². The van der Waals surface area contributed by atoms with Crippen LogP contribution in [0.25, 0.3) is 12.2 Å². The van der Waals surface area contributed by atoms with E-state index in [4.69, 9.17) is 5.11 Å². The van der Waals surface area contributed by atoms with Crippen LogP contribution in [0, 0.1) is 0 Å². The molecule has 2 aromatic rings. The largest absolute Gasteiger partial charge is 0.507 e. The normalized spacial score (nSPS) is 10.8. The van der Waals surface area contributed by atoms with Crippen LogP contribution in [0.4, 0.5) is 5.69 Å². The Balaban J connectivity index is 2.21. The Morgan fingerprint density at radius 3 is 2.14 bits per heavy atom. The zero-order valence-electron chi connectivity index (χ0n) is 11.9. The van der Waals surface area contributed by atoms with E-state index in [1.807, 2.05) is 55.4 Å². The molecule has 2 aromatic carbocycles. The molecule has 0 saturated heterocycles. The van der Waals surface area contributed by atoms with Crippen molar-refractivity contribution < 1.29 is 15.0 Å². The monoisotopic (exact) mass is 283 g/mol. The fraction of sp³-hybridized carbons (Fsp3) is 0.118. The molecule has 0 amide bonds. The van der Waals surface area contributed by atoms with E-state index in [0.717, 1.165) is 16.8 Å². The molecule has 0 unspecified atom stereocenters. The fourth-order valence-electron chi connectivity index (χ4n) is 1.90. The number of rotatable bonds is 4. The molecule has 0 heterocycles. The molecule has 2 rings (SSSR count). The zero-order chi connectivity index (χ0) is 15.4. The van der Waals surface area contributed by atoms with Gasteiger partial charge in [0, 0.05) is 19.8 Å². The highest BCUT2D eigenvalue weighted by molar-refractivity contribution is 5.91. The average molecular weight is 283 g/mol. The molecule has 0 saturated carbocycles.